The van der Waals surface area contributed by atoms with Crippen molar-refractivity contribution >= 4 is 0 Å². The first-order chi connectivity index (χ1) is 6.47. The van der Waals surface area contributed by atoms with Gasteiger partial charge in [0.05, 0.1) is 0 Å². The van der Waals surface area contributed by atoms with Crippen LogP contribution in [0.25, 0.3) is 0 Å². The summed E-state index contributed by atoms with van der Waals surface area (Å²) in [6.07, 6.45) is 2.01. The molecular formula is C14H18. The van der Waals surface area contributed by atoms with Gasteiger partial charge in [0.25, 0.3) is 0 Å². The van der Waals surface area contributed by atoms with Crippen LogP contribution in [0, 0.1) is 13.8 Å². The molecule has 0 nitrogen and oxygen atoms in total. The van der Waals surface area contributed by atoms with E-state index in [9.17, 15) is 0 Å². The standard InChI is InChI=1S/C14H18/c1-6-9-14(4,5)13-8-7-11(2)12(3)10-13/h7-10H,1H2,2-5H3. The Bertz CT molecular complexity index is 377. The van der Waals surface area contributed by atoms with Gasteiger partial charge in [-0.2, -0.15) is 0 Å². The van der Waals surface area contributed by atoms with Crippen LogP contribution in [0.5, 0.6) is 0 Å². The number of allylic oxidation sites excluding steroid dienone is 1. The van der Waals surface area contributed by atoms with E-state index in [0.29, 0.717) is 0 Å². The van der Waals surface area contributed by atoms with Crippen LogP contribution < -0.4 is 0 Å². The summed E-state index contributed by atoms with van der Waals surface area (Å²) >= 11 is 0. The SMILES string of the molecule is C=C=CC(C)(C)c1ccc(C)c(C)c1. The molecule has 0 saturated heterocycles. The Labute approximate surface area is 87.0 Å². The van der Waals surface area contributed by atoms with E-state index in [2.05, 4.69) is 58.2 Å². The summed E-state index contributed by atoms with van der Waals surface area (Å²) in [4.78, 5) is 0. The predicted molar refractivity (Wildman–Crippen MR) is 62.7 cm³/mol. The lowest BCUT2D eigenvalue weighted by atomic mass is 9.83. The van der Waals surface area contributed by atoms with E-state index in [0.717, 1.165) is 0 Å². The van der Waals surface area contributed by atoms with Crippen LogP contribution in [0.2, 0.25) is 0 Å². The normalized spacial score (nSPS) is 10.9. The molecule has 0 heteroatoms. The fourth-order valence-corrected chi connectivity index (χ4v) is 1.48. The van der Waals surface area contributed by atoms with Crippen LogP contribution in [0.4, 0.5) is 0 Å². The average Bonchev–Trinajstić information content (AvgIpc) is 2.09. The zero-order valence-electron chi connectivity index (χ0n) is 9.52. The molecule has 0 spiro atoms. The second kappa shape index (κ2) is 3.86. The van der Waals surface area contributed by atoms with Crippen LogP contribution in [-0.2, 0) is 5.41 Å². The molecular weight excluding hydrogens is 168 g/mol. The van der Waals surface area contributed by atoms with Gasteiger partial charge in [0.2, 0.25) is 0 Å². The van der Waals surface area contributed by atoms with Crippen molar-refractivity contribution in [1.82, 2.24) is 0 Å². The molecule has 0 aliphatic rings. The molecule has 0 amide bonds. The molecule has 0 unspecified atom stereocenters. The van der Waals surface area contributed by atoms with Gasteiger partial charge < -0.3 is 0 Å². The zero-order chi connectivity index (χ0) is 10.8. The molecule has 0 saturated carbocycles. The van der Waals surface area contributed by atoms with Gasteiger partial charge in [0, 0.05) is 5.41 Å². The average molecular weight is 186 g/mol. The summed E-state index contributed by atoms with van der Waals surface area (Å²) in [7, 11) is 0. The van der Waals surface area contributed by atoms with Gasteiger partial charge in [0.15, 0.2) is 0 Å². The van der Waals surface area contributed by atoms with E-state index >= 15 is 0 Å². The third-order valence-electron chi connectivity index (χ3n) is 2.71. The molecule has 1 aromatic carbocycles. The van der Waals surface area contributed by atoms with Gasteiger partial charge in [0.1, 0.15) is 0 Å². The maximum absolute atomic E-state index is 3.63. The molecule has 1 rings (SSSR count). The lowest BCUT2D eigenvalue weighted by Crippen LogP contribution is -2.13. The van der Waals surface area contributed by atoms with Crippen LogP contribution in [-0.4, -0.2) is 0 Å². The Kier molecular flexibility index (Phi) is 2.98. The Morgan fingerprint density at radius 1 is 1.21 bits per heavy atom. The first-order valence-electron chi connectivity index (χ1n) is 4.92. The van der Waals surface area contributed by atoms with Gasteiger partial charge >= 0.3 is 0 Å². The molecule has 0 heterocycles. The summed E-state index contributed by atoms with van der Waals surface area (Å²) in [5.74, 6) is 0. The number of hydrogen-bond donors (Lipinski definition) is 0. The molecule has 0 aromatic heterocycles. The molecule has 1 aromatic rings. The van der Waals surface area contributed by atoms with Gasteiger partial charge in [-0.1, -0.05) is 38.6 Å². The third-order valence-corrected chi connectivity index (χ3v) is 2.71. The molecule has 0 aliphatic heterocycles. The van der Waals surface area contributed by atoms with E-state index in [4.69, 9.17) is 0 Å². The number of benzene rings is 1. The molecule has 0 atom stereocenters. The lowest BCUT2D eigenvalue weighted by Gasteiger charge is -2.20. The Balaban J connectivity index is 3.20. The van der Waals surface area contributed by atoms with Crippen molar-refractivity contribution in [2.24, 2.45) is 0 Å². The first kappa shape index (κ1) is 10.8. The van der Waals surface area contributed by atoms with E-state index in [1.807, 2.05) is 6.08 Å². The van der Waals surface area contributed by atoms with Crippen molar-refractivity contribution in [3.8, 4) is 0 Å². The van der Waals surface area contributed by atoms with E-state index in [1.165, 1.54) is 16.7 Å². The highest BCUT2D eigenvalue weighted by atomic mass is 14.2. The molecule has 14 heavy (non-hydrogen) atoms. The van der Waals surface area contributed by atoms with Gasteiger partial charge in [-0.05, 0) is 36.6 Å². The Hall–Kier alpha value is -1.26. The zero-order valence-corrected chi connectivity index (χ0v) is 9.52. The maximum atomic E-state index is 3.63. The Morgan fingerprint density at radius 2 is 1.86 bits per heavy atom. The minimum atomic E-state index is 0.0280. The minimum absolute atomic E-state index is 0.0280. The third kappa shape index (κ3) is 2.16. The van der Waals surface area contributed by atoms with Crippen LogP contribution in [0.15, 0.2) is 36.6 Å². The second-order valence-electron chi connectivity index (χ2n) is 4.37. The fourth-order valence-electron chi connectivity index (χ4n) is 1.48. The van der Waals surface area contributed by atoms with Crippen molar-refractivity contribution in [2.45, 2.75) is 33.1 Å². The number of hydrogen-bond acceptors (Lipinski definition) is 0. The highest BCUT2D eigenvalue weighted by Gasteiger charge is 2.16. The molecule has 0 fully saturated rings. The fraction of sp³-hybridized carbons (Fsp3) is 0.357. The minimum Gasteiger partial charge on any atom is -0.132 e. The van der Waals surface area contributed by atoms with Crippen molar-refractivity contribution in [3.63, 3.8) is 0 Å². The smallest absolute Gasteiger partial charge is 0.0150 e. The topological polar surface area (TPSA) is 0 Å². The van der Waals surface area contributed by atoms with Gasteiger partial charge in [-0.3, -0.25) is 0 Å². The number of rotatable bonds is 2. The van der Waals surface area contributed by atoms with Crippen LogP contribution >= 0.6 is 0 Å². The summed E-state index contributed by atoms with van der Waals surface area (Å²) in [6, 6.07) is 6.59. The van der Waals surface area contributed by atoms with E-state index < -0.39 is 0 Å². The summed E-state index contributed by atoms with van der Waals surface area (Å²) in [6.45, 7) is 12.3. The summed E-state index contributed by atoms with van der Waals surface area (Å²) in [5.41, 5.74) is 6.89. The molecule has 74 valence electrons. The molecule has 0 bridgehead atoms. The van der Waals surface area contributed by atoms with Crippen molar-refractivity contribution in [2.75, 3.05) is 0 Å². The largest absolute Gasteiger partial charge is 0.132 e. The van der Waals surface area contributed by atoms with Crippen LogP contribution in [0.3, 0.4) is 0 Å². The summed E-state index contributed by atoms with van der Waals surface area (Å²) < 4.78 is 0. The van der Waals surface area contributed by atoms with Gasteiger partial charge in [-0.25, -0.2) is 0 Å². The van der Waals surface area contributed by atoms with E-state index in [-0.39, 0.29) is 5.41 Å². The highest BCUT2D eigenvalue weighted by molar-refractivity contribution is 5.36. The molecule has 0 aliphatic carbocycles. The number of aryl methyl sites for hydroxylation is 2. The van der Waals surface area contributed by atoms with Crippen molar-refractivity contribution < 1.29 is 0 Å². The quantitative estimate of drug-likeness (QED) is 0.614. The Morgan fingerprint density at radius 3 is 2.36 bits per heavy atom. The second-order valence-corrected chi connectivity index (χ2v) is 4.37. The first-order valence-corrected chi connectivity index (χ1v) is 4.92. The van der Waals surface area contributed by atoms with Crippen molar-refractivity contribution in [3.05, 3.63) is 53.3 Å². The summed E-state index contributed by atoms with van der Waals surface area (Å²) in [5, 5.41) is 0. The maximum Gasteiger partial charge on any atom is 0.0150 e. The van der Waals surface area contributed by atoms with Crippen LogP contribution in [0.1, 0.15) is 30.5 Å². The molecule has 0 N–H and O–H groups in total. The lowest BCUT2D eigenvalue weighted by molar-refractivity contribution is 0.670. The van der Waals surface area contributed by atoms with Crippen molar-refractivity contribution in [1.29, 1.82) is 0 Å². The monoisotopic (exact) mass is 186 g/mol. The highest BCUT2D eigenvalue weighted by Crippen LogP contribution is 2.25. The molecule has 0 radical (unpaired) electrons. The van der Waals surface area contributed by atoms with Gasteiger partial charge in [-0.15, -0.1) is 5.73 Å². The predicted octanol–water partition coefficient (Wildman–Crippen LogP) is 3.92. The van der Waals surface area contributed by atoms with E-state index in [1.54, 1.807) is 0 Å².